The number of methoxy groups -OCH3 is 1. The first kappa shape index (κ1) is 19.5. The highest BCUT2D eigenvalue weighted by molar-refractivity contribution is 5.88. The van der Waals surface area contributed by atoms with E-state index in [1.54, 1.807) is 7.11 Å². The van der Waals surface area contributed by atoms with Crippen molar-refractivity contribution in [2.45, 2.75) is 52.3 Å². The number of hydrogen-bond donors (Lipinski definition) is 2. The predicted molar refractivity (Wildman–Crippen MR) is 96.7 cm³/mol. The van der Waals surface area contributed by atoms with E-state index in [4.69, 9.17) is 19.9 Å². The Morgan fingerprint density at radius 3 is 2.56 bits per heavy atom. The molecule has 1 aromatic rings. The molecule has 3 N–H and O–H groups in total. The number of rotatable bonds is 8. The first-order chi connectivity index (χ1) is 11.8. The van der Waals surface area contributed by atoms with Gasteiger partial charge < -0.3 is 25.3 Å². The first-order valence-electron chi connectivity index (χ1n) is 8.78. The molecule has 2 rings (SSSR count). The van der Waals surface area contributed by atoms with Crippen molar-refractivity contribution in [3.05, 3.63) is 23.8 Å². The van der Waals surface area contributed by atoms with Crippen LogP contribution in [0.15, 0.2) is 18.2 Å². The van der Waals surface area contributed by atoms with Crippen molar-refractivity contribution in [2.75, 3.05) is 20.3 Å². The Balaban J connectivity index is 2.01. The van der Waals surface area contributed by atoms with Crippen LogP contribution in [-0.4, -0.2) is 37.9 Å². The SMILES string of the molecule is CCOc1ccc(CNC(=O)C2(N)CC(OCC)C2(C)C)cc1OC. The molecule has 0 heterocycles. The molecule has 0 spiro atoms. The number of nitrogens with two attached hydrogens (primary N) is 1. The smallest absolute Gasteiger partial charge is 0.241 e. The minimum absolute atomic E-state index is 0.0128. The van der Waals surface area contributed by atoms with Crippen molar-refractivity contribution in [3.63, 3.8) is 0 Å². The summed E-state index contributed by atoms with van der Waals surface area (Å²) in [5.74, 6) is 1.19. The summed E-state index contributed by atoms with van der Waals surface area (Å²) in [4.78, 5) is 12.7. The summed E-state index contributed by atoms with van der Waals surface area (Å²) in [5, 5.41) is 2.95. The van der Waals surface area contributed by atoms with Crippen molar-refractivity contribution in [3.8, 4) is 11.5 Å². The zero-order chi connectivity index (χ0) is 18.7. The lowest BCUT2D eigenvalue weighted by atomic mass is 9.54. The molecule has 1 aromatic carbocycles. The molecule has 2 atom stereocenters. The van der Waals surface area contributed by atoms with Crippen LogP contribution in [0.4, 0.5) is 0 Å². The van der Waals surface area contributed by atoms with Crippen molar-refractivity contribution in [1.29, 1.82) is 0 Å². The second-order valence-electron chi connectivity index (χ2n) is 6.94. The Kier molecular flexibility index (Phi) is 5.95. The van der Waals surface area contributed by atoms with Crippen molar-refractivity contribution < 1.29 is 19.0 Å². The zero-order valence-electron chi connectivity index (χ0n) is 15.8. The highest BCUT2D eigenvalue weighted by Gasteiger charge is 2.62. The Morgan fingerprint density at radius 2 is 2.00 bits per heavy atom. The van der Waals surface area contributed by atoms with Crippen molar-refractivity contribution in [2.24, 2.45) is 11.1 Å². The second-order valence-corrected chi connectivity index (χ2v) is 6.94. The highest BCUT2D eigenvalue weighted by atomic mass is 16.5. The molecule has 6 nitrogen and oxygen atoms in total. The molecule has 2 unspecified atom stereocenters. The van der Waals surface area contributed by atoms with E-state index in [-0.39, 0.29) is 12.0 Å². The summed E-state index contributed by atoms with van der Waals surface area (Å²) < 4.78 is 16.5. The van der Waals surface area contributed by atoms with E-state index in [0.717, 1.165) is 5.56 Å². The number of ether oxygens (including phenoxy) is 3. The topological polar surface area (TPSA) is 82.8 Å². The lowest BCUT2D eigenvalue weighted by Crippen LogP contribution is -2.75. The van der Waals surface area contributed by atoms with Gasteiger partial charge in [0.05, 0.1) is 19.8 Å². The molecule has 0 saturated heterocycles. The third-order valence-electron chi connectivity index (χ3n) is 5.22. The Morgan fingerprint density at radius 1 is 1.28 bits per heavy atom. The van der Waals surface area contributed by atoms with E-state index in [0.29, 0.717) is 37.7 Å². The Labute approximate surface area is 150 Å². The number of carbonyl (C=O) groups is 1. The van der Waals surface area contributed by atoms with E-state index < -0.39 is 11.0 Å². The standard InChI is InChI=1S/C19H30N2O4/c1-6-24-14-9-8-13(10-15(14)23-5)12-21-17(22)19(20)11-16(25-7-2)18(19,3)4/h8-10,16H,6-7,11-12,20H2,1-5H3,(H,21,22). The average Bonchev–Trinajstić information content (AvgIpc) is 2.60. The maximum Gasteiger partial charge on any atom is 0.241 e. The molecule has 0 aliphatic heterocycles. The van der Waals surface area contributed by atoms with Gasteiger partial charge in [-0.15, -0.1) is 0 Å². The van der Waals surface area contributed by atoms with Gasteiger partial charge in [0.25, 0.3) is 0 Å². The van der Waals surface area contributed by atoms with Crippen LogP contribution in [0.2, 0.25) is 0 Å². The normalized spacial score (nSPS) is 24.3. The van der Waals surface area contributed by atoms with Crippen LogP contribution in [0.3, 0.4) is 0 Å². The van der Waals surface area contributed by atoms with Crippen LogP contribution >= 0.6 is 0 Å². The van der Waals surface area contributed by atoms with Crippen molar-refractivity contribution in [1.82, 2.24) is 5.32 Å². The van der Waals surface area contributed by atoms with Gasteiger partial charge >= 0.3 is 0 Å². The highest BCUT2D eigenvalue weighted by Crippen LogP contribution is 2.49. The van der Waals surface area contributed by atoms with Gasteiger partial charge in [-0.3, -0.25) is 4.79 Å². The monoisotopic (exact) mass is 350 g/mol. The molecule has 1 amide bonds. The molecular formula is C19H30N2O4. The molecule has 140 valence electrons. The van der Waals surface area contributed by atoms with E-state index >= 15 is 0 Å². The van der Waals surface area contributed by atoms with E-state index in [1.165, 1.54) is 0 Å². The largest absolute Gasteiger partial charge is 0.493 e. The van der Waals surface area contributed by atoms with Crippen LogP contribution in [0.1, 0.15) is 39.7 Å². The molecule has 6 heteroatoms. The Hall–Kier alpha value is -1.79. The van der Waals surface area contributed by atoms with Gasteiger partial charge in [-0.2, -0.15) is 0 Å². The summed E-state index contributed by atoms with van der Waals surface area (Å²) in [5.41, 5.74) is 6.00. The second kappa shape index (κ2) is 7.62. The van der Waals surface area contributed by atoms with Crippen LogP contribution < -0.4 is 20.5 Å². The van der Waals surface area contributed by atoms with Crippen LogP contribution in [0.5, 0.6) is 11.5 Å². The lowest BCUT2D eigenvalue weighted by Gasteiger charge is -2.57. The van der Waals surface area contributed by atoms with Gasteiger partial charge in [0.1, 0.15) is 5.54 Å². The fourth-order valence-corrected chi connectivity index (χ4v) is 3.26. The maximum atomic E-state index is 12.7. The molecule has 0 bridgehead atoms. The minimum Gasteiger partial charge on any atom is -0.493 e. The fraction of sp³-hybridized carbons (Fsp3) is 0.632. The zero-order valence-corrected chi connectivity index (χ0v) is 15.8. The van der Waals surface area contributed by atoms with Gasteiger partial charge in [0, 0.05) is 25.0 Å². The van der Waals surface area contributed by atoms with Crippen LogP contribution in [-0.2, 0) is 16.1 Å². The van der Waals surface area contributed by atoms with Crippen LogP contribution in [0.25, 0.3) is 0 Å². The third-order valence-corrected chi connectivity index (χ3v) is 5.22. The van der Waals surface area contributed by atoms with Crippen LogP contribution in [0, 0.1) is 5.41 Å². The summed E-state index contributed by atoms with van der Waals surface area (Å²) in [7, 11) is 1.60. The number of hydrogen-bond acceptors (Lipinski definition) is 5. The maximum absolute atomic E-state index is 12.7. The number of nitrogens with one attached hydrogen (secondary N) is 1. The number of benzene rings is 1. The summed E-state index contributed by atoms with van der Waals surface area (Å²) in [6.45, 7) is 9.41. The quantitative estimate of drug-likeness (QED) is 0.751. The lowest BCUT2D eigenvalue weighted by molar-refractivity contribution is -0.170. The summed E-state index contributed by atoms with van der Waals surface area (Å²) >= 11 is 0. The van der Waals surface area contributed by atoms with Gasteiger partial charge in [-0.05, 0) is 31.5 Å². The fourth-order valence-electron chi connectivity index (χ4n) is 3.26. The molecule has 0 aromatic heterocycles. The molecule has 1 saturated carbocycles. The third kappa shape index (κ3) is 3.60. The molecule has 1 aliphatic rings. The van der Waals surface area contributed by atoms with E-state index in [2.05, 4.69) is 5.32 Å². The minimum atomic E-state index is -0.914. The number of amides is 1. The van der Waals surface area contributed by atoms with Gasteiger partial charge in [-0.1, -0.05) is 19.9 Å². The molecular weight excluding hydrogens is 320 g/mol. The first-order valence-corrected chi connectivity index (χ1v) is 8.78. The summed E-state index contributed by atoms with van der Waals surface area (Å²) in [6.07, 6.45) is 0.547. The number of carbonyl (C=O) groups excluding carboxylic acids is 1. The van der Waals surface area contributed by atoms with E-state index in [1.807, 2.05) is 45.9 Å². The molecule has 1 fully saturated rings. The van der Waals surface area contributed by atoms with Gasteiger partial charge in [0.2, 0.25) is 5.91 Å². The van der Waals surface area contributed by atoms with Gasteiger partial charge in [0.15, 0.2) is 11.5 Å². The van der Waals surface area contributed by atoms with Crippen molar-refractivity contribution >= 4 is 5.91 Å². The Bertz CT molecular complexity index is 617. The molecule has 25 heavy (non-hydrogen) atoms. The predicted octanol–water partition coefficient (Wildman–Crippen LogP) is 2.24. The van der Waals surface area contributed by atoms with E-state index in [9.17, 15) is 4.79 Å². The summed E-state index contributed by atoms with van der Waals surface area (Å²) in [6, 6.07) is 5.62. The van der Waals surface area contributed by atoms with Gasteiger partial charge in [-0.25, -0.2) is 0 Å². The molecule has 0 radical (unpaired) electrons. The average molecular weight is 350 g/mol. The molecule has 1 aliphatic carbocycles.